The van der Waals surface area contributed by atoms with Gasteiger partial charge in [0.05, 0.1) is 6.10 Å². The topological polar surface area (TPSA) is 53.4 Å². The summed E-state index contributed by atoms with van der Waals surface area (Å²) in [5.74, 6) is -0.102. The Hall–Kier alpha value is -1.13. The maximum Gasteiger partial charge on any atom is 0.253 e. The van der Waals surface area contributed by atoms with Crippen molar-refractivity contribution in [3.63, 3.8) is 0 Å². The number of aliphatic hydroxyl groups excluding tert-OH is 1. The number of aryl methyl sites for hydroxylation is 1. The molecule has 1 aromatic heterocycles. The molecule has 1 heterocycles. The highest BCUT2D eigenvalue weighted by molar-refractivity contribution is 6.29. The van der Waals surface area contributed by atoms with Gasteiger partial charge in [-0.05, 0) is 31.9 Å². The molecule has 100 valence electrons. The van der Waals surface area contributed by atoms with Crippen molar-refractivity contribution in [2.24, 2.45) is 0 Å². The van der Waals surface area contributed by atoms with Gasteiger partial charge < -0.3 is 10.0 Å². The molecule has 0 aliphatic heterocycles. The van der Waals surface area contributed by atoms with Crippen molar-refractivity contribution in [3.05, 3.63) is 28.5 Å². The van der Waals surface area contributed by atoms with Crippen LogP contribution < -0.4 is 0 Å². The molecule has 0 fully saturated rings. The van der Waals surface area contributed by atoms with Gasteiger partial charge in [0.2, 0.25) is 0 Å². The van der Waals surface area contributed by atoms with Crippen LogP contribution in [0.3, 0.4) is 0 Å². The normalized spacial score (nSPS) is 12.3. The number of carbonyl (C=O) groups excluding carboxylic acids is 1. The molecule has 0 aromatic carbocycles. The third-order valence-corrected chi connectivity index (χ3v) is 2.88. The van der Waals surface area contributed by atoms with E-state index in [2.05, 4.69) is 4.98 Å². The van der Waals surface area contributed by atoms with Crippen molar-refractivity contribution >= 4 is 17.5 Å². The van der Waals surface area contributed by atoms with E-state index < -0.39 is 6.10 Å². The number of amides is 1. The third-order valence-electron chi connectivity index (χ3n) is 2.69. The second-order valence-electron chi connectivity index (χ2n) is 4.39. The molecule has 0 saturated carbocycles. The molecule has 1 N–H and O–H groups in total. The van der Waals surface area contributed by atoms with Crippen LogP contribution in [0.1, 0.15) is 36.3 Å². The average molecular weight is 271 g/mol. The third kappa shape index (κ3) is 4.27. The highest BCUT2D eigenvalue weighted by Crippen LogP contribution is 2.13. The molecule has 0 spiro atoms. The van der Waals surface area contributed by atoms with Crippen LogP contribution >= 0.6 is 11.6 Å². The summed E-state index contributed by atoms with van der Waals surface area (Å²) in [6.45, 7) is 4.18. The minimum atomic E-state index is -0.410. The summed E-state index contributed by atoms with van der Waals surface area (Å²) in [5.41, 5.74) is 1.34. The molecule has 0 aliphatic rings. The van der Waals surface area contributed by atoms with E-state index in [9.17, 15) is 9.90 Å². The van der Waals surface area contributed by atoms with Gasteiger partial charge in [0.15, 0.2) is 0 Å². The van der Waals surface area contributed by atoms with Crippen molar-refractivity contribution in [2.45, 2.75) is 32.8 Å². The standard InChI is InChI=1S/C13H19ClN2O2/c1-4-11-7-10(8-12(14)15-11)13(18)16(3)6-5-9(2)17/h7-9,17H,4-6H2,1-3H3. The Labute approximate surface area is 113 Å². The summed E-state index contributed by atoms with van der Waals surface area (Å²) in [4.78, 5) is 17.8. The average Bonchev–Trinajstić information content (AvgIpc) is 2.34. The van der Waals surface area contributed by atoms with Gasteiger partial charge >= 0.3 is 0 Å². The maximum absolute atomic E-state index is 12.1. The Kier molecular flexibility index (Phi) is 5.56. The van der Waals surface area contributed by atoms with Crippen molar-refractivity contribution in [3.8, 4) is 0 Å². The lowest BCUT2D eigenvalue weighted by Gasteiger charge is -2.18. The van der Waals surface area contributed by atoms with E-state index in [4.69, 9.17) is 11.6 Å². The van der Waals surface area contributed by atoms with Gasteiger partial charge in [0, 0.05) is 24.8 Å². The molecule has 1 atom stereocenters. The van der Waals surface area contributed by atoms with E-state index in [1.54, 1.807) is 31.0 Å². The summed E-state index contributed by atoms with van der Waals surface area (Å²) in [5, 5.41) is 9.55. The Balaban J connectivity index is 2.79. The molecule has 0 saturated heterocycles. The van der Waals surface area contributed by atoms with Crippen LogP contribution in [0.25, 0.3) is 0 Å². The minimum Gasteiger partial charge on any atom is -0.393 e. The summed E-state index contributed by atoms with van der Waals surface area (Å²) < 4.78 is 0. The van der Waals surface area contributed by atoms with E-state index in [1.165, 1.54) is 0 Å². The van der Waals surface area contributed by atoms with Crippen molar-refractivity contribution in [1.82, 2.24) is 9.88 Å². The SMILES string of the molecule is CCc1cc(C(=O)N(C)CCC(C)O)cc(Cl)n1. The molecule has 1 amide bonds. The fourth-order valence-corrected chi connectivity index (χ4v) is 1.78. The predicted molar refractivity (Wildman–Crippen MR) is 71.9 cm³/mol. The number of hydrogen-bond donors (Lipinski definition) is 1. The largest absolute Gasteiger partial charge is 0.393 e. The van der Waals surface area contributed by atoms with Gasteiger partial charge in [-0.2, -0.15) is 0 Å². The highest BCUT2D eigenvalue weighted by atomic mass is 35.5. The number of nitrogens with zero attached hydrogens (tertiary/aromatic N) is 2. The molecule has 0 aliphatic carbocycles. The van der Waals surface area contributed by atoms with E-state index in [0.29, 0.717) is 23.7 Å². The van der Waals surface area contributed by atoms with E-state index in [-0.39, 0.29) is 5.91 Å². The van der Waals surface area contributed by atoms with Gasteiger partial charge in [-0.15, -0.1) is 0 Å². The Morgan fingerprint density at radius 2 is 2.22 bits per heavy atom. The summed E-state index contributed by atoms with van der Waals surface area (Å²) >= 11 is 5.88. The zero-order valence-corrected chi connectivity index (χ0v) is 11.7. The summed E-state index contributed by atoms with van der Waals surface area (Å²) in [7, 11) is 1.71. The molecule has 1 aromatic rings. The number of pyridine rings is 1. The van der Waals surface area contributed by atoms with E-state index >= 15 is 0 Å². The molecule has 1 rings (SSSR count). The van der Waals surface area contributed by atoms with Crippen molar-refractivity contribution in [1.29, 1.82) is 0 Å². The molecule has 0 bridgehead atoms. The molecular weight excluding hydrogens is 252 g/mol. The highest BCUT2D eigenvalue weighted by Gasteiger charge is 2.14. The van der Waals surface area contributed by atoms with Crippen LogP contribution in [0, 0.1) is 0 Å². The Bertz CT molecular complexity index is 421. The quantitative estimate of drug-likeness (QED) is 0.834. The maximum atomic E-state index is 12.1. The van der Waals surface area contributed by atoms with Gasteiger partial charge in [0.1, 0.15) is 5.15 Å². The number of aromatic nitrogens is 1. The number of hydrogen-bond acceptors (Lipinski definition) is 3. The first-order valence-electron chi connectivity index (χ1n) is 6.04. The lowest BCUT2D eigenvalue weighted by molar-refractivity contribution is 0.0768. The molecule has 4 nitrogen and oxygen atoms in total. The van der Waals surface area contributed by atoms with Gasteiger partial charge in [-0.1, -0.05) is 18.5 Å². The zero-order chi connectivity index (χ0) is 13.7. The van der Waals surface area contributed by atoms with Crippen LogP contribution in [0.4, 0.5) is 0 Å². The van der Waals surface area contributed by atoms with Crippen LogP contribution in [0.5, 0.6) is 0 Å². The lowest BCUT2D eigenvalue weighted by atomic mass is 10.1. The lowest BCUT2D eigenvalue weighted by Crippen LogP contribution is -2.29. The van der Waals surface area contributed by atoms with E-state index in [1.807, 2.05) is 6.92 Å². The minimum absolute atomic E-state index is 0.102. The number of rotatable bonds is 5. The summed E-state index contributed by atoms with van der Waals surface area (Å²) in [6.07, 6.45) is 0.882. The van der Waals surface area contributed by atoms with Crippen LogP contribution in [-0.4, -0.2) is 40.6 Å². The first kappa shape index (κ1) is 14.9. The smallest absolute Gasteiger partial charge is 0.253 e. The fourth-order valence-electron chi connectivity index (χ4n) is 1.56. The van der Waals surface area contributed by atoms with Gasteiger partial charge in [0.25, 0.3) is 5.91 Å². The molecule has 5 heteroatoms. The Morgan fingerprint density at radius 3 is 2.78 bits per heavy atom. The monoisotopic (exact) mass is 270 g/mol. The molecular formula is C13H19ClN2O2. The van der Waals surface area contributed by atoms with Crippen LogP contribution in [-0.2, 0) is 6.42 Å². The molecule has 18 heavy (non-hydrogen) atoms. The van der Waals surface area contributed by atoms with Gasteiger partial charge in [-0.25, -0.2) is 4.98 Å². The van der Waals surface area contributed by atoms with Crippen LogP contribution in [0.15, 0.2) is 12.1 Å². The number of halogens is 1. The molecule has 1 unspecified atom stereocenters. The number of aliphatic hydroxyl groups is 1. The zero-order valence-electron chi connectivity index (χ0n) is 11.0. The van der Waals surface area contributed by atoms with E-state index in [0.717, 1.165) is 12.1 Å². The second kappa shape index (κ2) is 6.71. The van der Waals surface area contributed by atoms with Gasteiger partial charge in [-0.3, -0.25) is 4.79 Å². The number of carbonyl (C=O) groups is 1. The van der Waals surface area contributed by atoms with Crippen molar-refractivity contribution in [2.75, 3.05) is 13.6 Å². The molecule has 0 radical (unpaired) electrons. The Morgan fingerprint density at radius 1 is 1.56 bits per heavy atom. The predicted octanol–water partition coefficient (Wildman–Crippen LogP) is 2.14. The first-order chi connectivity index (χ1) is 8.43. The summed E-state index contributed by atoms with van der Waals surface area (Å²) in [6, 6.07) is 3.33. The fraction of sp³-hybridized carbons (Fsp3) is 0.538. The first-order valence-corrected chi connectivity index (χ1v) is 6.41. The second-order valence-corrected chi connectivity index (χ2v) is 4.78. The van der Waals surface area contributed by atoms with Crippen molar-refractivity contribution < 1.29 is 9.90 Å². The van der Waals surface area contributed by atoms with Crippen LogP contribution in [0.2, 0.25) is 5.15 Å².